The van der Waals surface area contributed by atoms with E-state index in [0.29, 0.717) is 11.8 Å². The Morgan fingerprint density at radius 1 is 1.03 bits per heavy atom. The van der Waals surface area contributed by atoms with E-state index in [1.807, 2.05) is 49.4 Å². The fourth-order valence-corrected chi connectivity index (χ4v) is 4.43. The van der Waals surface area contributed by atoms with Crippen LogP contribution in [0.2, 0.25) is 0 Å². The molecule has 3 aromatic rings. The largest absolute Gasteiger partial charge is 0.454 e. The summed E-state index contributed by atoms with van der Waals surface area (Å²) in [5, 5.41) is 7.82. The van der Waals surface area contributed by atoms with Crippen molar-refractivity contribution >= 4 is 28.0 Å². The highest BCUT2D eigenvalue weighted by Crippen LogP contribution is 2.45. The second kappa shape index (κ2) is 6.17. The van der Waals surface area contributed by atoms with Crippen LogP contribution in [0, 0.1) is 0 Å². The molecule has 3 nitrogen and oxygen atoms in total. The number of rotatable bonds is 3. The Morgan fingerprint density at radius 3 is 2.48 bits per heavy atom. The maximum atomic E-state index is 13.4. The Morgan fingerprint density at radius 2 is 1.76 bits per heavy atom. The molecule has 2 aliphatic rings. The molecule has 29 heavy (non-hydrogen) atoms. The highest BCUT2D eigenvalue weighted by Gasteiger charge is 2.43. The van der Waals surface area contributed by atoms with Gasteiger partial charge >= 0.3 is 6.18 Å². The fraction of sp³-hybridized carbons (Fsp3) is 0.217. The third-order valence-electron chi connectivity index (χ3n) is 5.68. The lowest BCUT2D eigenvalue weighted by molar-refractivity contribution is -0.0884. The first-order valence-corrected chi connectivity index (χ1v) is 9.44. The molecule has 0 spiro atoms. The van der Waals surface area contributed by atoms with Crippen molar-refractivity contribution in [2.75, 3.05) is 5.01 Å². The molecule has 5 rings (SSSR count). The summed E-state index contributed by atoms with van der Waals surface area (Å²) in [7, 11) is 0. The molecule has 1 aliphatic carbocycles. The first-order valence-electron chi connectivity index (χ1n) is 9.44. The van der Waals surface area contributed by atoms with Gasteiger partial charge in [0.1, 0.15) is 0 Å². The van der Waals surface area contributed by atoms with Gasteiger partial charge in [-0.25, -0.2) is 0 Å². The first-order chi connectivity index (χ1) is 13.8. The predicted molar refractivity (Wildman–Crippen MR) is 107 cm³/mol. The minimum Gasteiger partial charge on any atom is -0.284 e. The van der Waals surface area contributed by atoms with E-state index in [1.165, 1.54) is 6.07 Å². The van der Waals surface area contributed by atoms with Gasteiger partial charge in [-0.2, -0.15) is 18.3 Å². The molecule has 1 aliphatic heterocycles. The summed E-state index contributed by atoms with van der Waals surface area (Å²) in [4.78, 5) is 12.4. The first kappa shape index (κ1) is 17.9. The van der Waals surface area contributed by atoms with Gasteiger partial charge in [-0.15, -0.1) is 0 Å². The second-order valence-corrected chi connectivity index (χ2v) is 7.51. The molecule has 0 bridgehead atoms. The van der Waals surface area contributed by atoms with Crippen molar-refractivity contribution in [3.63, 3.8) is 0 Å². The van der Waals surface area contributed by atoms with Crippen molar-refractivity contribution in [3.05, 3.63) is 76.3 Å². The number of benzene rings is 3. The number of carbonyl (C=O) groups is 1. The number of anilines is 1. The van der Waals surface area contributed by atoms with Gasteiger partial charge in [-0.3, -0.25) is 9.80 Å². The Kier molecular flexibility index (Phi) is 3.81. The molecule has 0 N–H and O–H groups in total. The third-order valence-corrected chi connectivity index (χ3v) is 5.68. The van der Waals surface area contributed by atoms with Crippen molar-refractivity contribution in [1.29, 1.82) is 0 Å². The average Bonchev–Trinajstić information content (AvgIpc) is 3.11. The summed E-state index contributed by atoms with van der Waals surface area (Å²) in [6, 6.07) is 14.8. The Bertz CT molecular complexity index is 1200. The van der Waals surface area contributed by atoms with Crippen molar-refractivity contribution < 1.29 is 18.0 Å². The number of aryl methyl sites for hydroxylation is 2. The van der Waals surface area contributed by atoms with Gasteiger partial charge in [0.05, 0.1) is 23.5 Å². The van der Waals surface area contributed by atoms with Crippen LogP contribution >= 0.6 is 0 Å². The van der Waals surface area contributed by atoms with Gasteiger partial charge in [0, 0.05) is 10.9 Å². The SMILES string of the molecule is CC1=NN(Cc2ccccc2)c2c(C(=O)C(F)(F)F)cc3c4c(ccc1c24)CC3. The molecule has 0 saturated heterocycles. The number of nitrogens with zero attached hydrogens (tertiary/aromatic N) is 2. The van der Waals surface area contributed by atoms with E-state index in [9.17, 15) is 18.0 Å². The van der Waals surface area contributed by atoms with Crippen LogP contribution in [-0.2, 0) is 19.4 Å². The highest BCUT2D eigenvalue weighted by atomic mass is 19.4. The van der Waals surface area contributed by atoms with E-state index in [4.69, 9.17) is 0 Å². The number of halogens is 3. The molecule has 0 unspecified atom stereocenters. The van der Waals surface area contributed by atoms with Crippen molar-refractivity contribution in [3.8, 4) is 0 Å². The van der Waals surface area contributed by atoms with Gasteiger partial charge in [-0.1, -0.05) is 42.5 Å². The van der Waals surface area contributed by atoms with Crippen molar-refractivity contribution in [1.82, 2.24) is 0 Å². The van der Waals surface area contributed by atoms with E-state index in [0.717, 1.165) is 39.8 Å². The smallest absolute Gasteiger partial charge is 0.284 e. The number of hydrogen-bond acceptors (Lipinski definition) is 3. The van der Waals surface area contributed by atoms with Crippen LogP contribution in [0.4, 0.5) is 18.9 Å². The highest BCUT2D eigenvalue weighted by molar-refractivity contribution is 6.22. The maximum Gasteiger partial charge on any atom is 0.454 e. The molecule has 0 aromatic heterocycles. The van der Waals surface area contributed by atoms with Crippen LogP contribution in [0.3, 0.4) is 0 Å². The molecule has 0 fully saturated rings. The fourth-order valence-electron chi connectivity index (χ4n) is 4.43. The maximum absolute atomic E-state index is 13.4. The summed E-state index contributed by atoms with van der Waals surface area (Å²) in [5.74, 6) is -1.82. The molecule has 0 amide bonds. The average molecular weight is 394 g/mol. The standard InChI is InChI=1S/C23H17F3N2O/c1-13-17-10-9-15-7-8-16-11-18(22(29)23(24,25)26)21(20(17)19(15)16)28(27-13)12-14-5-3-2-4-6-14/h2-6,9-11H,7-8,12H2,1H3. The molecular formula is C23H17F3N2O. The van der Waals surface area contributed by atoms with E-state index >= 15 is 0 Å². The molecule has 0 atom stereocenters. The molecule has 146 valence electrons. The van der Waals surface area contributed by atoms with Crippen LogP contribution in [0.5, 0.6) is 0 Å². The number of alkyl halides is 3. The summed E-state index contributed by atoms with van der Waals surface area (Å²) in [5.41, 5.74) is 4.30. The van der Waals surface area contributed by atoms with E-state index < -0.39 is 12.0 Å². The van der Waals surface area contributed by atoms with Crippen LogP contribution in [0.25, 0.3) is 10.8 Å². The lowest BCUT2D eigenvalue weighted by atomic mass is 9.90. The Hall–Kier alpha value is -3.15. The topological polar surface area (TPSA) is 32.7 Å². The summed E-state index contributed by atoms with van der Waals surface area (Å²) in [6.07, 6.45) is -3.53. The second-order valence-electron chi connectivity index (χ2n) is 7.51. The van der Waals surface area contributed by atoms with Crippen LogP contribution < -0.4 is 5.01 Å². The minimum atomic E-state index is -4.94. The Labute approximate surface area is 165 Å². The van der Waals surface area contributed by atoms with Gasteiger partial charge in [-0.05, 0) is 47.9 Å². The lowest BCUT2D eigenvalue weighted by Gasteiger charge is -2.30. The van der Waals surface area contributed by atoms with Gasteiger partial charge in [0.25, 0.3) is 5.78 Å². The zero-order chi connectivity index (χ0) is 20.3. The minimum absolute atomic E-state index is 0.263. The van der Waals surface area contributed by atoms with Crippen LogP contribution in [0.1, 0.15) is 39.5 Å². The van der Waals surface area contributed by atoms with Crippen LogP contribution in [-0.4, -0.2) is 17.7 Å². The van der Waals surface area contributed by atoms with Gasteiger partial charge in [0.2, 0.25) is 0 Å². The van der Waals surface area contributed by atoms with E-state index in [2.05, 4.69) is 5.10 Å². The molecule has 0 radical (unpaired) electrons. The normalized spacial score (nSPS) is 15.0. The number of hydrogen-bond donors (Lipinski definition) is 0. The zero-order valence-electron chi connectivity index (χ0n) is 15.7. The van der Waals surface area contributed by atoms with Crippen LogP contribution in [0.15, 0.2) is 53.6 Å². The lowest BCUT2D eigenvalue weighted by Crippen LogP contribution is -2.29. The molecule has 6 heteroatoms. The zero-order valence-corrected chi connectivity index (χ0v) is 15.7. The quantitative estimate of drug-likeness (QED) is 0.555. The number of Topliss-reactive ketones (excluding diaryl/α,β-unsaturated/α-hetero) is 1. The van der Waals surface area contributed by atoms with Gasteiger partial charge < -0.3 is 0 Å². The Balaban J connectivity index is 1.81. The van der Waals surface area contributed by atoms with E-state index in [1.54, 1.807) is 5.01 Å². The number of hydrazone groups is 1. The summed E-state index contributed by atoms with van der Waals surface area (Å²) >= 11 is 0. The third kappa shape index (κ3) is 2.74. The molecule has 0 saturated carbocycles. The summed E-state index contributed by atoms with van der Waals surface area (Å²) in [6.45, 7) is 2.14. The molecule has 1 heterocycles. The number of ketones is 1. The predicted octanol–water partition coefficient (Wildman–Crippen LogP) is 5.43. The molecular weight excluding hydrogens is 377 g/mol. The number of carbonyl (C=O) groups excluding carboxylic acids is 1. The van der Waals surface area contributed by atoms with E-state index in [-0.39, 0.29) is 17.8 Å². The monoisotopic (exact) mass is 394 g/mol. The van der Waals surface area contributed by atoms with Crippen molar-refractivity contribution in [2.45, 2.75) is 32.5 Å². The summed E-state index contributed by atoms with van der Waals surface area (Å²) < 4.78 is 40.3. The molecule has 3 aromatic carbocycles. The van der Waals surface area contributed by atoms with Crippen molar-refractivity contribution in [2.24, 2.45) is 5.10 Å². The van der Waals surface area contributed by atoms with Gasteiger partial charge in [0.15, 0.2) is 0 Å².